The van der Waals surface area contributed by atoms with Crippen LogP contribution in [-0.4, -0.2) is 29.3 Å². The van der Waals surface area contributed by atoms with Crippen LogP contribution < -0.4 is 0 Å². The molecule has 1 rings (SSSR count). The van der Waals surface area contributed by atoms with Crippen LogP contribution in [0, 0.1) is 11.5 Å². The molecule has 4 heteroatoms. The summed E-state index contributed by atoms with van der Waals surface area (Å²) in [5, 5.41) is 0.0814. The van der Waals surface area contributed by atoms with Crippen molar-refractivity contribution in [2.24, 2.45) is 0 Å². The van der Waals surface area contributed by atoms with Crippen LogP contribution in [0.4, 0.5) is 0 Å². The van der Waals surface area contributed by atoms with Crippen LogP contribution in [0.5, 0.6) is 0 Å². The van der Waals surface area contributed by atoms with Gasteiger partial charge in [0.25, 0.3) is 0 Å². The van der Waals surface area contributed by atoms with E-state index in [1.165, 1.54) is 0 Å². The molecule has 0 spiro atoms. The zero-order valence-electron chi connectivity index (χ0n) is 21.2. The summed E-state index contributed by atoms with van der Waals surface area (Å²) in [4.78, 5) is 12.7. The predicted molar refractivity (Wildman–Crippen MR) is 136 cm³/mol. The molecule has 0 aliphatic heterocycles. The maximum absolute atomic E-state index is 12.7. The van der Waals surface area contributed by atoms with Gasteiger partial charge in [-0.3, -0.25) is 0 Å². The summed E-state index contributed by atoms with van der Waals surface area (Å²) in [5.41, 5.74) is 5.36. The van der Waals surface area contributed by atoms with Gasteiger partial charge < -0.3 is 9.22 Å². The van der Waals surface area contributed by atoms with Crippen molar-refractivity contribution in [1.82, 2.24) is 0 Å². The van der Waals surface area contributed by atoms with Crippen molar-refractivity contribution in [3.05, 3.63) is 35.9 Å². The fourth-order valence-corrected chi connectivity index (χ4v) is 10.5. The molecule has 0 aliphatic carbocycles. The second-order valence-corrected chi connectivity index (χ2v) is 21.5. The lowest BCUT2D eigenvalue weighted by atomic mass is 9.84. The molecule has 1 aromatic rings. The summed E-state index contributed by atoms with van der Waals surface area (Å²) in [6, 6.07) is 9.98. The number of benzene rings is 1. The topological polar surface area (TPSA) is 26.3 Å². The summed E-state index contributed by atoms with van der Waals surface area (Å²) in [7, 11) is -3.98. The molecule has 0 radical (unpaired) electrons. The van der Waals surface area contributed by atoms with Gasteiger partial charge in [0.05, 0.1) is 6.61 Å². The average molecular weight is 445 g/mol. The molecule has 168 valence electrons. The predicted octanol–water partition coefficient (Wildman–Crippen LogP) is 7.37. The lowest BCUT2D eigenvalue weighted by Gasteiger charge is -2.40. The number of aldehydes is 1. The third-order valence-electron chi connectivity index (χ3n) is 7.33. The molecule has 0 bridgehead atoms. The highest BCUT2D eigenvalue weighted by Crippen LogP contribution is 2.42. The molecule has 1 unspecified atom stereocenters. The molecule has 1 atom stereocenters. The SMILES string of the molecule is CC(C)[Si](C#CC(C=O)(CO[Si](C)(C)C(C)(C)C)c1ccccc1)(C(C)C)C(C)C. The van der Waals surface area contributed by atoms with Gasteiger partial charge in [0.2, 0.25) is 0 Å². The van der Waals surface area contributed by atoms with E-state index in [0.717, 1.165) is 11.8 Å². The van der Waals surface area contributed by atoms with Crippen molar-refractivity contribution in [3.8, 4) is 11.5 Å². The smallest absolute Gasteiger partial charge is 0.192 e. The molecule has 0 aromatic heterocycles. The number of carbonyl (C=O) groups excluding carboxylic acids is 1. The Labute approximate surface area is 188 Å². The van der Waals surface area contributed by atoms with E-state index in [9.17, 15) is 4.79 Å². The van der Waals surface area contributed by atoms with E-state index in [-0.39, 0.29) is 5.04 Å². The van der Waals surface area contributed by atoms with E-state index < -0.39 is 21.8 Å². The molecule has 0 aliphatic rings. The lowest BCUT2D eigenvalue weighted by molar-refractivity contribution is -0.111. The Morgan fingerprint density at radius 3 is 1.77 bits per heavy atom. The molecule has 0 N–H and O–H groups in total. The van der Waals surface area contributed by atoms with Gasteiger partial charge in [0, 0.05) is 0 Å². The standard InChI is InChI=1S/C26H44O2Si2/c1-21(2)30(22(3)4,23(5)6)18-17-26(19-27,24-15-13-12-14-16-24)20-28-29(10,11)25(7,8)9/h12-16,19,21-23H,20H2,1-11H3. The van der Waals surface area contributed by atoms with E-state index in [1.54, 1.807) is 0 Å². The Kier molecular flexibility index (Phi) is 8.94. The van der Waals surface area contributed by atoms with Crippen molar-refractivity contribution >= 4 is 22.7 Å². The van der Waals surface area contributed by atoms with E-state index >= 15 is 0 Å². The van der Waals surface area contributed by atoms with Gasteiger partial charge in [-0.2, -0.15) is 0 Å². The van der Waals surface area contributed by atoms with Gasteiger partial charge >= 0.3 is 0 Å². The van der Waals surface area contributed by atoms with Crippen LogP contribution in [-0.2, 0) is 14.6 Å². The quantitative estimate of drug-likeness (QED) is 0.238. The molecule has 1 aromatic carbocycles. The first-order valence-corrected chi connectivity index (χ1v) is 16.5. The molecule has 0 saturated heterocycles. The first kappa shape index (κ1) is 26.9. The number of hydrogen-bond acceptors (Lipinski definition) is 2. The Bertz CT molecular complexity index is 727. The molecule has 0 amide bonds. The lowest BCUT2D eigenvalue weighted by Crippen LogP contribution is -2.47. The third-order valence-corrected chi connectivity index (χ3v) is 18.1. The second kappa shape index (κ2) is 9.98. The van der Waals surface area contributed by atoms with E-state index in [1.807, 2.05) is 30.3 Å². The highest BCUT2D eigenvalue weighted by Gasteiger charge is 2.44. The largest absolute Gasteiger partial charge is 0.414 e. The van der Waals surface area contributed by atoms with Gasteiger partial charge in [0.1, 0.15) is 19.8 Å². The zero-order chi connectivity index (χ0) is 23.4. The van der Waals surface area contributed by atoms with Crippen molar-refractivity contribution in [1.29, 1.82) is 0 Å². The highest BCUT2D eigenvalue weighted by atomic mass is 28.4. The van der Waals surface area contributed by atoms with Crippen LogP contribution in [0.3, 0.4) is 0 Å². The van der Waals surface area contributed by atoms with Crippen LogP contribution in [0.2, 0.25) is 34.8 Å². The zero-order valence-corrected chi connectivity index (χ0v) is 23.2. The van der Waals surface area contributed by atoms with Crippen molar-refractivity contribution in [3.63, 3.8) is 0 Å². The first-order chi connectivity index (χ1) is 13.7. The van der Waals surface area contributed by atoms with Crippen LogP contribution in [0.1, 0.15) is 67.9 Å². The minimum absolute atomic E-state index is 0.0814. The fraction of sp³-hybridized carbons (Fsp3) is 0.654. The van der Waals surface area contributed by atoms with Crippen LogP contribution in [0.25, 0.3) is 0 Å². The monoisotopic (exact) mass is 444 g/mol. The molecule has 0 fully saturated rings. The van der Waals surface area contributed by atoms with Gasteiger partial charge in [-0.05, 0) is 40.3 Å². The van der Waals surface area contributed by atoms with E-state index in [2.05, 4.69) is 86.9 Å². The Balaban J connectivity index is 3.61. The molecule has 0 heterocycles. The maximum Gasteiger partial charge on any atom is 0.192 e. The summed E-state index contributed by atoms with van der Waals surface area (Å²) in [6.45, 7) is 25.3. The Morgan fingerprint density at radius 2 is 1.40 bits per heavy atom. The second-order valence-electron chi connectivity index (χ2n) is 11.2. The average Bonchev–Trinajstić information content (AvgIpc) is 2.63. The highest BCUT2D eigenvalue weighted by molar-refractivity contribution is 6.90. The summed E-state index contributed by atoms with van der Waals surface area (Å²) in [5.74, 6) is 3.55. The van der Waals surface area contributed by atoms with E-state index in [0.29, 0.717) is 23.2 Å². The Hall–Kier alpha value is -1.16. The molecule has 30 heavy (non-hydrogen) atoms. The van der Waals surface area contributed by atoms with Crippen LogP contribution >= 0.6 is 0 Å². The number of carbonyl (C=O) groups is 1. The summed E-state index contributed by atoms with van der Waals surface area (Å²) < 4.78 is 6.57. The first-order valence-electron chi connectivity index (χ1n) is 11.4. The van der Waals surface area contributed by atoms with Crippen molar-refractivity contribution in [2.75, 3.05) is 6.61 Å². The van der Waals surface area contributed by atoms with Gasteiger partial charge in [-0.25, -0.2) is 0 Å². The number of hydrogen-bond donors (Lipinski definition) is 0. The minimum atomic E-state index is -2.02. The maximum atomic E-state index is 12.7. The molecular weight excluding hydrogens is 400 g/mol. The molecule has 2 nitrogen and oxygen atoms in total. The Morgan fingerprint density at radius 1 is 0.933 bits per heavy atom. The van der Waals surface area contributed by atoms with Crippen molar-refractivity contribution in [2.45, 2.75) is 102 Å². The van der Waals surface area contributed by atoms with Crippen LogP contribution in [0.15, 0.2) is 30.3 Å². The third kappa shape index (κ3) is 5.55. The molecule has 0 saturated carbocycles. The van der Waals surface area contributed by atoms with Gasteiger partial charge in [0.15, 0.2) is 8.32 Å². The van der Waals surface area contributed by atoms with Gasteiger partial charge in [-0.1, -0.05) is 98.6 Å². The minimum Gasteiger partial charge on any atom is -0.414 e. The molecular formula is C26H44O2Si2. The van der Waals surface area contributed by atoms with Gasteiger partial charge in [-0.15, -0.1) is 5.54 Å². The number of rotatable bonds is 8. The summed E-state index contributed by atoms with van der Waals surface area (Å²) in [6.07, 6.45) is 1.03. The normalized spacial score (nSPS) is 15.1. The summed E-state index contributed by atoms with van der Waals surface area (Å²) >= 11 is 0. The van der Waals surface area contributed by atoms with E-state index in [4.69, 9.17) is 4.43 Å². The van der Waals surface area contributed by atoms with Crippen molar-refractivity contribution < 1.29 is 9.22 Å². The fourth-order valence-electron chi connectivity index (χ4n) is 4.22.